The largest absolute Gasteiger partial charge is 0.355 e. The maximum absolute atomic E-state index is 12.2. The summed E-state index contributed by atoms with van der Waals surface area (Å²) in [5.74, 6) is 1.03. The molecule has 0 aromatic carbocycles. The van der Waals surface area contributed by atoms with Crippen molar-refractivity contribution in [2.24, 2.45) is 0 Å². The van der Waals surface area contributed by atoms with E-state index in [-0.39, 0.29) is 11.9 Å². The van der Waals surface area contributed by atoms with Crippen molar-refractivity contribution < 1.29 is 4.79 Å². The van der Waals surface area contributed by atoms with Gasteiger partial charge in [-0.25, -0.2) is 15.0 Å². The van der Waals surface area contributed by atoms with E-state index in [0.717, 1.165) is 37.4 Å². The van der Waals surface area contributed by atoms with Crippen molar-refractivity contribution >= 4 is 23.5 Å². The molecule has 2 aromatic rings. The number of thioether (sulfide) groups is 1. The lowest BCUT2D eigenvalue weighted by atomic mass is 10.0. The number of nitrogens with zero attached hydrogens (tertiary/aromatic N) is 5. The van der Waals surface area contributed by atoms with Crippen LogP contribution in [0.3, 0.4) is 0 Å². The Balaban J connectivity index is 1.46. The number of piperidine rings is 1. The Labute approximate surface area is 156 Å². The van der Waals surface area contributed by atoms with Crippen LogP contribution in [0, 0.1) is 18.3 Å². The predicted molar refractivity (Wildman–Crippen MR) is 99.8 cm³/mol. The maximum Gasteiger partial charge on any atom is 0.230 e. The van der Waals surface area contributed by atoms with Crippen molar-refractivity contribution in [1.82, 2.24) is 20.3 Å². The zero-order valence-electron chi connectivity index (χ0n) is 14.6. The van der Waals surface area contributed by atoms with Crippen molar-refractivity contribution in [3.63, 3.8) is 0 Å². The molecular formula is C18H20N6OS. The van der Waals surface area contributed by atoms with Crippen LogP contribution in [0.1, 0.15) is 24.1 Å². The monoisotopic (exact) mass is 368 g/mol. The fourth-order valence-corrected chi connectivity index (χ4v) is 3.55. The second-order valence-corrected chi connectivity index (χ2v) is 7.03. The van der Waals surface area contributed by atoms with Gasteiger partial charge in [0.1, 0.15) is 11.9 Å². The number of amides is 1. The van der Waals surface area contributed by atoms with Gasteiger partial charge < -0.3 is 10.2 Å². The van der Waals surface area contributed by atoms with Crippen molar-refractivity contribution in [2.45, 2.75) is 31.0 Å². The Morgan fingerprint density at radius 3 is 2.88 bits per heavy atom. The zero-order chi connectivity index (χ0) is 18.4. The zero-order valence-corrected chi connectivity index (χ0v) is 15.4. The lowest BCUT2D eigenvalue weighted by Gasteiger charge is -2.33. The van der Waals surface area contributed by atoms with Crippen molar-refractivity contribution in [3.8, 4) is 6.07 Å². The van der Waals surface area contributed by atoms with E-state index in [1.807, 2.05) is 13.0 Å². The Morgan fingerprint density at radius 2 is 2.15 bits per heavy atom. The summed E-state index contributed by atoms with van der Waals surface area (Å²) in [5.41, 5.74) is 1.48. The lowest BCUT2D eigenvalue weighted by Crippen LogP contribution is -2.45. The van der Waals surface area contributed by atoms with Gasteiger partial charge in [-0.1, -0.05) is 11.8 Å². The third-order valence-corrected chi connectivity index (χ3v) is 5.03. The molecule has 1 aliphatic heterocycles. The van der Waals surface area contributed by atoms with Gasteiger partial charge >= 0.3 is 0 Å². The number of pyridine rings is 1. The summed E-state index contributed by atoms with van der Waals surface area (Å²) in [5, 5.41) is 12.9. The van der Waals surface area contributed by atoms with E-state index < -0.39 is 0 Å². The average Bonchev–Trinajstić information content (AvgIpc) is 2.67. The molecule has 8 heteroatoms. The molecule has 1 N–H and O–H groups in total. The van der Waals surface area contributed by atoms with Gasteiger partial charge in [-0.2, -0.15) is 5.26 Å². The number of hydrogen-bond acceptors (Lipinski definition) is 7. The molecule has 1 amide bonds. The highest BCUT2D eigenvalue weighted by atomic mass is 32.2. The number of aryl methyl sites for hydroxylation is 1. The minimum Gasteiger partial charge on any atom is -0.355 e. The normalized spacial score (nSPS) is 14.7. The molecule has 26 heavy (non-hydrogen) atoms. The van der Waals surface area contributed by atoms with Crippen LogP contribution >= 0.6 is 11.8 Å². The van der Waals surface area contributed by atoms with Gasteiger partial charge in [-0.05, 0) is 38.0 Å². The number of hydrogen-bond donors (Lipinski definition) is 1. The van der Waals surface area contributed by atoms with Crippen LogP contribution in [0.4, 0.5) is 5.82 Å². The first kappa shape index (κ1) is 18.1. The third-order valence-electron chi connectivity index (χ3n) is 4.17. The van der Waals surface area contributed by atoms with E-state index in [1.165, 1.54) is 11.8 Å². The number of carbonyl (C=O) groups is 1. The van der Waals surface area contributed by atoms with Gasteiger partial charge in [0.25, 0.3) is 0 Å². The summed E-state index contributed by atoms with van der Waals surface area (Å²) in [4.78, 5) is 27.0. The summed E-state index contributed by atoms with van der Waals surface area (Å²) in [6.45, 7) is 3.44. The number of carbonyl (C=O) groups excluding carboxylic acids is 1. The number of rotatable bonds is 5. The molecule has 0 radical (unpaired) electrons. The number of nitriles is 1. The molecule has 0 atom stereocenters. The molecule has 1 aliphatic rings. The van der Waals surface area contributed by atoms with Crippen LogP contribution in [0.5, 0.6) is 0 Å². The molecule has 2 aromatic heterocycles. The van der Waals surface area contributed by atoms with Gasteiger partial charge in [-0.3, -0.25) is 4.79 Å². The molecule has 134 valence electrons. The molecule has 0 saturated carbocycles. The van der Waals surface area contributed by atoms with Gasteiger partial charge in [0, 0.05) is 37.2 Å². The molecule has 0 spiro atoms. The van der Waals surface area contributed by atoms with Gasteiger partial charge in [0.05, 0.1) is 11.3 Å². The highest BCUT2D eigenvalue weighted by molar-refractivity contribution is 7.99. The lowest BCUT2D eigenvalue weighted by molar-refractivity contribution is -0.119. The number of nitrogens with one attached hydrogen (secondary N) is 1. The highest BCUT2D eigenvalue weighted by Crippen LogP contribution is 2.21. The summed E-state index contributed by atoms with van der Waals surface area (Å²) in [6.07, 6.45) is 5.07. The minimum atomic E-state index is -0.00546. The molecule has 0 unspecified atom stereocenters. The Morgan fingerprint density at radius 1 is 1.35 bits per heavy atom. The first-order chi connectivity index (χ1) is 12.7. The smallest absolute Gasteiger partial charge is 0.230 e. The maximum atomic E-state index is 12.2. The Hall–Kier alpha value is -2.66. The van der Waals surface area contributed by atoms with Crippen LogP contribution in [0.2, 0.25) is 0 Å². The summed E-state index contributed by atoms with van der Waals surface area (Å²) in [6, 6.07) is 7.71. The molecule has 0 bridgehead atoms. The van der Waals surface area contributed by atoms with E-state index in [2.05, 4.69) is 31.2 Å². The van der Waals surface area contributed by atoms with Gasteiger partial charge in [-0.15, -0.1) is 0 Å². The molecule has 1 saturated heterocycles. The van der Waals surface area contributed by atoms with E-state index in [4.69, 9.17) is 0 Å². The van der Waals surface area contributed by atoms with Crippen LogP contribution < -0.4 is 10.2 Å². The second-order valence-electron chi connectivity index (χ2n) is 6.08. The van der Waals surface area contributed by atoms with E-state index in [0.29, 0.717) is 16.5 Å². The molecule has 3 heterocycles. The number of aromatic nitrogens is 3. The SMILES string of the molecule is Cc1ccnc(SCC(=O)NC2CCN(c3ncccc3C#N)CC2)n1. The number of anilines is 1. The second kappa shape index (κ2) is 8.63. The van der Waals surface area contributed by atoms with Crippen LogP contribution in [0.25, 0.3) is 0 Å². The first-order valence-corrected chi connectivity index (χ1v) is 9.46. The summed E-state index contributed by atoms with van der Waals surface area (Å²) < 4.78 is 0. The molecule has 1 fully saturated rings. The van der Waals surface area contributed by atoms with E-state index in [1.54, 1.807) is 24.5 Å². The van der Waals surface area contributed by atoms with Crippen molar-refractivity contribution in [3.05, 3.63) is 41.9 Å². The van der Waals surface area contributed by atoms with Crippen LogP contribution in [-0.4, -0.2) is 45.7 Å². The Bertz CT molecular complexity index is 813. The summed E-state index contributed by atoms with van der Waals surface area (Å²) in [7, 11) is 0. The van der Waals surface area contributed by atoms with Gasteiger partial charge in [0.15, 0.2) is 5.16 Å². The predicted octanol–water partition coefficient (Wildman–Crippen LogP) is 1.93. The van der Waals surface area contributed by atoms with Crippen molar-refractivity contribution in [1.29, 1.82) is 5.26 Å². The van der Waals surface area contributed by atoms with E-state index in [9.17, 15) is 10.1 Å². The minimum absolute atomic E-state index is 0.00546. The standard InChI is InChI=1S/C18H20N6OS/c1-13-4-8-21-18(22-13)26-12-16(25)23-15-5-9-24(10-6-15)17-14(11-19)3-2-7-20-17/h2-4,7-8,15H,5-6,9-10,12H2,1H3,(H,23,25). The van der Waals surface area contributed by atoms with Crippen molar-refractivity contribution in [2.75, 3.05) is 23.7 Å². The quantitative estimate of drug-likeness (QED) is 0.636. The fourth-order valence-electron chi connectivity index (χ4n) is 2.87. The first-order valence-electron chi connectivity index (χ1n) is 8.47. The topological polar surface area (TPSA) is 94.8 Å². The highest BCUT2D eigenvalue weighted by Gasteiger charge is 2.23. The van der Waals surface area contributed by atoms with Crippen LogP contribution in [0.15, 0.2) is 35.7 Å². The molecule has 7 nitrogen and oxygen atoms in total. The average molecular weight is 368 g/mol. The fraction of sp³-hybridized carbons (Fsp3) is 0.389. The molecule has 0 aliphatic carbocycles. The van der Waals surface area contributed by atoms with Gasteiger partial charge in [0.2, 0.25) is 5.91 Å². The molecular weight excluding hydrogens is 348 g/mol. The van der Waals surface area contributed by atoms with Crippen LogP contribution in [-0.2, 0) is 4.79 Å². The van der Waals surface area contributed by atoms with E-state index >= 15 is 0 Å². The third kappa shape index (κ3) is 4.70. The summed E-state index contributed by atoms with van der Waals surface area (Å²) >= 11 is 1.34. The Kier molecular flexibility index (Phi) is 6.02. The molecule has 3 rings (SSSR count).